The Kier molecular flexibility index (Phi) is 5.16. The van der Waals surface area contributed by atoms with Crippen molar-refractivity contribution in [3.05, 3.63) is 47.5 Å². The quantitative estimate of drug-likeness (QED) is 0.361. The number of halogens is 1. The Balaban J connectivity index is 1.68. The molecule has 1 aliphatic rings. The number of thioether (sulfide) groups is 1. The number of nitrogens with zero attached hydrogens (tertiary/aromatic N) is 5. The van der Waals surface area contributed by atoms with Gasteiger partial charge in [-0.05, 0) is 17.2 Å². The molecule has 0 saturated carbocycles. The van der Waals surface area contributed by atoms with Crippen LogP contribution in [0.1, 0.15) is 5.56 Å². The molecular formula is C17H16ClN5O2S2. The molecule has 27 heavy (non-hydrogen) atoms. The van der Waals surface area contributed by atoms with Crippen molar-refractivity contribution < 1.29 is 8.42 Å². The minimum absolute atomic E-state index is 0.0941. The lowest BCUT2D eigenvalue weighted by Crippen LogP contribution is -2.41. The van der Waals surface area contributed by atoms with Crippen LogP contribution in [0.3, 0.4) is 0 Å². The van der Waals surface area contributed by atoms with Crippen molar-refractivity contribution in [1.82, 2.24) is 19.9 Å². The zero-order chi connectivity index (χ0) is 18.9. The Labute approximate surface area is 166 Å². The number of aromatic nitrogens is 4. The van der Waals surface area contributed by atoms with E-state index in [9.17, 15) is 8.42 Å². The van der Waals surface area contributed by atoms with Gasteiger partial charge in [-0.3, -0.25) is 0 Å². The molecule has 140 valence electrons. The normalized spacial score (nSPS) is 16.6. The Morgan fingerprint density at radius 2 is 1.78 bits per heavy atom. The summed E-state index contributed by atoms with van der Waals surface area (Å²) in [6, 6.07) is 10.1. The molecule has 0 N–H and O–H groups in total. The highest BCUT2D eigenvalue weighted by molar-refractivity contribution is 7.98. The van der Waals surface area contributed by atoms with Gasteiger partial charge in [0.2, 0.25) is 5.28 Å². The van der Waals surface area contributed by atoms with Crippen molar-refractivity contribution in [3.8, 4) is 0 Å². The monoisotopic (exact) mass is 421 g/mol. The lowest BCUT2D eigenvalue weighted by Gasteiger charge is -2.28. The Hall–Kier alpha value is -1.97. The average molecular weight is 422 g/mol. The number of hydrogen-bond donors (Lipinski definition) is 0. The van der Waals surface area contributed by atoms with Gasteiger partial charge in [0.15, 0.2) is 15.7 Å². The van der Waals surface area contributed by atoms with Crippen molar-refractivity contribution in [2.75, 3.05) is 29.5 Å². The van der Waals surface area contributed by atoms with E-state index < -0.39 is 9.84 Å². The number of anilines is 1. The molecule has 0 bridgehead atoms. The van der Waals surface area contributed by atoms with E-state index in [1.54, 1.807) is 11.8 Å². The summed E-state index contributed by atoms with van der Waals surface area (Å²) < 4.78 is 23.4. The van der Waals surface area contributed by atoms with Crippen molar-refractivity contribution in [3.63, 3.8) is 0 Å². The molecule has 3 aromatic rings. The van der Waals surface area contributed by atoms with Gasteiger partial charge in [-0.1, -0.05) is 42.1 Å². The summed E-state index contributed by atoms with van der Waals surface area (Å²) in [5.74, 6) is 1.49. The number of fused-ring (bicyclic) bond motifs is 1. The maximum atomic E-state index is 11.7. The summed E-state index contributed by atoms with van der Waals surface area (Å²) in [4.78, 5) is 19.3. The van der Waals surface area contributed by atoms with Crippen LogP contribution in [0, 0.1) is 0 Å². The van der Waals surface area contributed by atoms with E-state index in [4.69, 9.17) is 11.6 Å². The predicted molar refractivity (Wildman–Crippen MR) is 107 cm³/mol. The summed E-state index contributed by atoms with van der Waals surface area (Å²) in [5.41, 5.74) is 2.35. The molecule has 10 heteroatoms. The maximum absolute atomic E-state index is 11.7. The molecule has 0 spiro atoms. The van der Waals surface area contributed by atoms with Gasteiger partial charge in [0, 0.05) is 18.8 Å². The largest absolute Gasteiger partial charge is 0.353 e. The van der Waals surface area contributed by atoms with Crippen molar-refractivity contribution in [2.45, 2.75) is 10.8 Å². The molecular weight excluding hydrogens is 406 g/mol. The fourth-order valence-electron chi connectivity index (χ4n) is 2.86. The standard InChI is InChI=1S/C17H16ClN5O2S2/c18-17-21-14-13(15(22-17)23-6-8-27(24,25)9-7-23)19-11-20-16(14)26-10-12-4-2-1-3-5-12/h1-5,11H,6-10H2. The second-order valence-electron chi connectivity index (χ2n) is 6.11. The van der Waals surface area contributed by atoms with E-state index >= 15 is 0 Å². The second kappa shape index (κ2) is 7.57. The van der Waals surface area contributed by atoms with E-state index in [0.29, 0.717) is 29.9 Å². The summed E-state index contributed by atoms with van der Waals surface area (Å²) in [7, 11) is -2.99. The zero-order valence-electron chi connectivity index (χ0n) is 14.2. The predicted octanol–water partition coefficient (Wildman–Crippen LogP) is 2.60. The molecule has 0 radical (unpaired) electrons. The second-order valence-corrected chi connectivity index (χ2v) is 9.71. The third-order valence-electron chi connectivity index (χ3n) is 4.27. The first-order valence-corrected chi connectivity index (χ1v) is 11.5. The summed E-state index contributed by atoms with van der Waals surface area (Å²) >= 11 is 7.71. The van der Waals surface area contributed by atoms with E-state index in [-0.39, 0.29) is 16.8 Å². The maximum Gasteiger partial charge on any atom is 0.225 e. The highest BCUT2D eigenvalue weighted by Crippen LogP contribution is 2.31. The van der Waals surface area contributed by atoms with E-state index in [1.807, 2.05) is 23.1 Å². The first-order chi connectivity index (χ1) is 13.0. The molecule has 1 aromatic carbocycles. The van der Waals surface area contributed by atoms with Crippen molar-refractivity contribution in [1.29, 1.82) is 0 Å². The highest BCUT2D eigenvalue weighted by Gasteiger charge is 2.25. The zero-order valence-corrected chi connectivity index (χ0v) is 16.6. The summed E-state index contributed by atoms with van der Waals surface area (Å²) in [5, 5.41) is 0.821. The van der Waals surface area contributed by atoms with Crippen LogP contribution in [0.25, 0.3) is 11.0 Å². The Bertz CT molecular complexity index is 1070. The van der Waals surface area contributed by atoms with E-state index in [1.165, 1.54) is 11.9 Å². The van der Waals surface area contributed by atoms with Gasteiger partial charge in [0.1, 0.15) is 22.4 Å². The van der Waals surface area contributed by atoms with E-state index in [0.717, 1.165) is 10.8 Å². The van der Waals surface area contributed by atoms with Crippen molar-refractivity contribution >= 4 is 50.1 Å². The van der Waals surface area contributed by atoms with Crippen LogP contribution in [0.15, 0.2) is 41.7 Å². The van der Waals surface area contributed by atoms with Crippen LogP contribution in [0.5, 0.6) is 0 Å². The molecule has 2 aromatic heterocycles. The SMILES string of the molecule is O=S1(=O)CCN(c2nc(Cl)nc3c(SCc4ccccc4)ncnc23)CC1. The third-order valence-corrected chi connectivity index (χ3v) is 7.09. The van der Waals surface area contributed by atoms with Crippen LogP contribution in [-0.2, 0) is 15.6 Å². The fraction of sp³-hybridized carbons (Fsp3) is 0.294. The van der Waals surface area contributed by atoms with Crippen LogP contribution < -0.4 is 4.90 Å². The molecule has 0 unspecified atom stereocenters. The molecule has 1 saturated heterocycles. The Morgan fingerprint density at radius 1 is 1.04 bits per heavy atom. The van der Waals surface area contributed by atoms with Gasteiger partial charge in [-0.25, -0.2) is 23.4 Å². The molecule has 0 aliphatic carbocycles. The number of rotatable bonds is 4. The fourth-order valence-corrected chi connectivity index (χ4v) is 5.12. The average Bonchev–Trinajstić information content (AvgIpc) is 2.67. The lowest BCUT2D eigenvalue weighted by atomic mass is 10.2. The molecule has 1 fully saturated rings. The molecule has 7 nitrogen and oxygen atoms in total. The lowest BCUT2D eigenvalue weighted by molar-refractivity contribution is 0.586. The topological polar surface area (TPSA) is 88.9 Å². The van der Waals surface area contributed by atoms with Gasteiger partial charge < -0.3 is 4.90 Å². The first kappa shape index (κ1) is 18.4. The minimum Gasteiger partial charge on any atom is -0.353 e. The van der Waals surface area contributed by atoms with E-state index in [2.05, 4.69) is 32.1 Å². The van der Waals surface area contributed by atoms with Gasteiger partial charge in [-0.15, -0.1) is 0 Å². The molecule has 0 atom stereocenters. The smallest absolute Gasteiger partial charge is 0.225 e. The number of hydrogen-bond acceptors (Lipinski definition) is 8. The highest BCUT2D eigenvalue weighted by atomic mass is 35.5. The first-order valence-electron chi connectivity index (χ1n) is 8.32. The molecule has 3 heterocycles. The Morgan fingerprint density at radius 3 is 2.52 bits per heavy atom. The van der Waals surface area contributed by atoms with Gasteiger partial charge in [0.25, 0.3) is 0 Å². The van der Waals surface area contributed by atoms with Crippen LogP contribution in [0.4, 0.5) is 5.82 Å². The van der Waals surface area contributed by atoms with Gasteiger partial charge >= 0.3 is 0 Å². The van der Waals surface area contributed by atoms with Crippen LogP contribution in [0.2, 0.25) is 5.28 Å². The number of benzene rings is 1. The van der Waals surface area contributed by atoms with Crippen LogP contribution >= 0.6 is 23.4 Å². The molecule has 4 rings (SSSR count). The molecule has 0 amide bonds. The summed E-state index contributed by atoms with van der Waals surface area (Å²) in [6.45, 7) is 0.725. The summed E-state index contributed by atoms with van der Waals surface area (Å²) in [6.07, 6.45) is 1.48. The van der Waals surface area contributed by atoms with Gasteiger partial charge in [0.05, 0.1) is 11.5 Å². The molecule has 1 aliphatic heterocycles. The van der Waals surface area contributed by atoms with Crippen molar-refractivity contribution in [2.24, 2.45) is 0 Å². The third kappa shape index (κ3) is 4.15. The minimum atomic E-state index is -2.99. The number of sulfone groups is 1. The van der Waals surface area contributed by atoms with Crippen LogP contribution in [-0.4, -0.2) is 52.9 Å². The van der Waals surface area contributed by atoms with Gasteiger partial charge in [-0.2, -0.15) is 4.98 Å².